The van der Waals surface area contributed by atoms with Gasteiger partial charge in [-0.05, 0) is 25.7 Å². The number of piperidine rings is 1. The highest BCUT2D eigenvalue weighted by atomic mass is 16.2. The van der Waals surface area contributed by atoms with Crippen LogP contribution in [0.1, 0.15) is 44.9 Å². The molecular formula is C10H15NO2. The third-order valence-electron chi connectivity index (χ3n) is 3.18. The number of hydrogen-bond acceptors (Lipinski definition) is 2. The molecule has 13 heavy (non-hydrogen) atoms. The molecule has 2 fully saturated rings. The second-order valence-corrected chi connectivity index (χ2v) is 4.11. The lowest BCUT2D eigenvalue weighted by Crippen LogP contribution is -2.58. The van der Waals surface area contributed by atoms with Crippen LogP contribution in [0.25, 0.3) is 0 Å². The summed E-state index contributed by atoms with van der Waals surface area (Å²) in [7, 11) is 0. The van der Waals surface area contributed by atoms with E-state index in [1.54, 1.807) is 0 Å². The maximum atomic E-state index is 11.7. The predicted octanol–water partition coefficient (Wildman–Crippen LogP) is 1.17. The number of carbonyl (C=O) groups is 2. The average Bonchev–Trinajstić information content (AvgIpc) is 2.11. The summed E-state index contributed by atoms with van der Waals surface area (Å²) in [5.41, 5.74) is -0.451. The Bertz CT molecular complexity index is 245. The molecule has 2 rings (SSSR count). The fourth-order valence-electron chi connectivity index (χ4n) is 2.43. The molecule has 1 atom stereocenters. The highest BCUT2D eigenvalue weighted by Crippen LogP contribution is 2.32. The molecule has 0 radical (unpaired) electrons. The number of hydrogen-bond donors (Lipinski definition) is 1. The summed E-state index contributed by atoms with van der Waals surface area (Å²) >= 11 is 0. The van der Waals surface area contributed by atoms with Gasteiger partial charge in [0.2, 0.25) is 5.91 Å². The Morgan fingerprint density at radius 1 is 1.00 bits per heavy atom. The van der Waals surface area contributed by atoms with E-state index in [0.29, 0.717) is 12.8 Å². The second-order valence-electron chi connectivity index (χ2n) is 4.11. The van der Waals surface area contributed by atoms with Crippen molar-refractivity contribution in [1.29, 1.82) is 0 Å². The lowest BCUT2D eigenvalue weighted by Gasteiger charge is -2.39. The van der Waals surface area contributed by atoms with Crippen LogP contribution in [0.5, 0.6) is 0 Å². The zero-order chi connectivity index (χ0) is 9.31. The first kappa shape index (κ1) is 8.73. The summed E-state index contributed by atoms with van der Waals surface area (Å²) < 4.78 is 0. The van der Waals surface area contributed by atoms with E-state index in [4.69, 9.17) is 0 Å². The first-order chi connectivity index (χ1) is 6.23. The van der Waals surface area contributed by atoms with Gasteiger partial charge in [0.25, 0.3) is 0 Å². The van der Waals surface area contributed by atoms with Crippen LogP contribution in [0, 0.1) is 0 Å². The molecule has 1 aliphatic heterocycles. The molecule has 3 heteroatoms. The molecule has 1 N–H and O–H groups in total. The Morgan fingerprint density at radius 3 is 2.46 bits per heavy atom. The molecule has 0 aromatic carbocycles. The van der Waals surface area contributed by atoms with Crippen molar-refractivity contribution in [3.8, 4) is 0 Å². The van der Waals surface area contributed by atoms with Crippen LogP contribution in [0.15, 0.2) is 0 Å². The minimum atomic E-state index is -0.451. The minimum absolute atomic E-state index is 0.0569. The fraction of sp³-hybridized carbons (Fsp3) is 0.800. The highest BCUT2D eigenvalue weighted by molar-refractivity contribution is 5.94. The molecule has 1 amide bonds. The first-order valence-electron chi connectivity index (χ1n) is 5.07. The van der Waals surface area contributed by atoms with Crippen molar-refractivity contribution in [2.24, 2.45) is 0 Å². The number of rotatable bonds is 0. The topological polar surface area (TPSA) is 46.2 Å². The van der Waals surface area contributed by atoms with Crippen LogP contribution in [-0.4, -0.2) is 17.2 Å². The van der Waals surface area contributed by atoms with Gasteiger partial charge in [-0.25, -0.2) is 0 Å². The highest BCUT2D eigenvalue weighted by Gasteiger charge is 2.42. The van der Waals surface area contributed by atoms with E-state index in [9.17, 15) is 9.59 Å². The Kier molecular flexibility index (Phi) is 2.10. The summed E-state index contributed by atoms with van der Waals surface area (Å²) in [6.45, 7) is 0. The maximum absolute atomic E-state index is 11.7. The van der Waals surface area contributed by atoms with Crippen LogP contribution in [0.4, 0.5) is 0 Å². The SMILES string of the molecule is O=C1CCCC2(CCCCC2=O)N1. The number of nitrogens with one attached hydrogen (secondary N) is 1. The van der Waals surface area contributed by atoms with Crippen molar-refractivity contribution < 1.29 is 9.59 Å². The quantitative estimate of drug-likeness (QED) is 0.609. The smallest absolute Gasteiger partial charge is 0.220 e. The van der Waals surface area contributed by atoms with E-state index in [1.165, 1.54) is 0 Å². The zero-order valence-corrected chi connectivity index (χ0v) is 7.77. The lowest BCUT2D eigenvalue weighted by molar-refractivity contribution is -0.136. The molecule has 1 saturated heterocycles. The Labute approximate surface area is 77.9 Å². The van der Waals surface area contributed by atoms with E-state index in [2.05, 4.69) is 5.32 Å². The second kappa shape index (κ2) is 3.13. The van der Waals surface area contributed by atoms with Crippen molar-refractivity contribution in [3.05, 3.63) is 0 Å². The fourth-order valence-corrected chi connectivity index (χ4v) is 2.43. The number of carbonyl (C=O) groups excluding carboxylic acids is 2. The molecule has 1 aliphatic carbocycles. The van der Waals surface area contributed by atoms with Gasteiger partial charge in [-0.15, -0.1) is 0 Å². The summed E-state index contributed by atoms with van der Waals surface area (Å²) in [5, 5.41) is 2.89. The molecule has 0 aromatic heterocycles. The minimum Gasteiger partial charge on any atom is -0.344 e. The molecule has 0 aromatic rings. The van der Waals surface area contributed by atoms with Gasteiger partial charge < -0.3 is 5.32 Å². The third-order valence-corrected chi connectivity index (χ3v) is 3.18. The van der Waals surface area contributed by atoms with E-state index in [0.717, 1.165) is 32.1 Å². The van der Waals surface area contributed by atoms with Gasteiger partial charge >= 0.3 is 0 Å². The summed E-state index contributed by atoms with van der Waals surface area (Å²) in [4.78, 5) is 22.9. The van der Waals surface area contributed by atoms with Gasteiger partial charge in [0.1, 0.15) is 0 Å². The molecule has 72 valence electrons. The van der Waals surface area contributed by atoms with Crippen LogP contribution < -0.4 is 5.32 Å². The molecule has 1 unspecified atom stereocenters. The van der Waals surface area contributed by atoms with Crippen molar-refractivity contribution in [1.82, 2.24) is 5.32 Å². The Hall–Kier alpha value is -0.860. The molecular weight excluding hydrogens is 166 g/mol. The van der Waals surface area contributed by atoms with Gasteiger partial charge in [0, 0.05) is 12.8 Å². The predicted molar refractivity (Wildman–Crippen MR) is 48.2 cm³/mol. The summed E-state index contributed by atoms with van der Waals surface area (Å²) in [6.07, 6.45) is 5.91. The molecule has 0 bridgehead atoms. The van der Waals surface area contributed by atoms with Gasteiger partial charge in [-0.1, -0.05) is 6.42 Å². The van der Waals surface area contributed by atoms with Gasteiger partial charge in [0.15, 0.2) is 5.78 Å². The van der Waals surface area contributed by atoms with Crippen LogP contribution in [0.3, 0.4) is 0 Å². The number of ketones is 1. The van der Waals surface area contributed by atoms with Gasteiger partial charge in [-0.2, -0.15) is 0 Å². The average molecular weight is 181 g/mol. The van der Waals surface area contributed by atoms with Crippen molar-refractivity contribution in [2.75, 3.05) is 0 Å². The summed E-state index contributed by atoms with van der Waals surface area (Å²) in [5.74, 6) is 0.313. The molecule has 2 aliphatic rings. The van der Waals surface area contributed by atoms with Crippen LogP contribution in [-0.2, 0) is 9.59 Å². The largest absolute Gasteiger partial charge is 0.344 e. The van der Waals surface area contributed by atoms with Crippen molar-refractivity contribution in [2.45, 2.75) is 50.5 Å². The van der Waals surface area contributed by atoms with Gasteiger partial charge in [-0.3, -0.25) is 9.59 Å². The number of amides is 1. The molecule has 3 nitrogen and oxygen atoms in total. The van der Waals surface area contributed by atoms with E-state index in [-0.39, 0.29) is 11.7 Å². The van der Waals surface area contributed by atoms with Crippen LogP contribution >= 0.6 is 0 Å². The zero-order valence-electron chi connectivity index (χ0n) is 7.77. The Balaban J connectivity index is 2.16. The monoisotopic (exact) mass is 181 g/mol. The van der Waals surface area contributed by atoms with E-state index < -0.39 is 5.54 Å². The van der Waals surface area contributed by atoms with Crippen molar-refractivity contribution in [3.63, 3.8) is 0 Å². The van der Waals surface area contributed by atoms with Gasteiger partial charge in [0.05, 0.1) is 5.54 Å². The van der Waals surface area contributed by atoms with Crippen molar-refractivity contribution >= 4 is 11.7 Å². The van der Waals surface area contributed by atoms with E-state index >= 15 is 0 Å². The van der Waals surface area contributed by atoms with E-state index in [1.807, 2.05) is 0 Å². The normalized spacial score (nSPS) is 34.8. The molecule has 1 spiro atoms. The maximum Gasteiger partial charge on any atom is 0.220 e. The summed E-state index contributed by atoms with van der Waals surface area (Å²) in [6, 6.07) is 0. The lowest BCUT2D eigenvalue weighted by atomic mass is 9.75. The standard InChI is InChI=1S/C10H15NO2/c12-8-4-1-2-6-10(8)7-3-5-9(13)11-10/h1-7H2,(H,11,13). The Morgan fingerprint density at radius 2 is 1.77 bits per heavy atom. The number of Topliss-reactive ketones (excluding diaryl/α,β-unsaturated/α-hetero) is 1. The molecule has 1 saturated carbocycles. The van der Waals surface area contributed by atoms with Crippen LogP contribution in [0.2, 0.25) is 0 Å². The molecule has 1 heterocycles. The third kappa shape index (κ3) is 1.47. The first-order valence-corrected chi connectivity index (χ1v) is 5.07.